The van der Waals surface area contributed by atoms with E-state index in [1.165, 1.54) is 11.3 Å². The first-order valence-electron chi connectivity index (χ1n) is 11.8. The van der Waals surface area contributed by atoms with Crippen LogP contribution in [-0.2, 0) is 0 Å². The van der Waals surface area contributed by atoms with Gasteiger partial charge in [-0.05, 0) is 55.7 Å². The fourth-order valence-corrected chi connectivity index (χ4v) is 4.65. The van der Waals surface area contributed by atoms with Gasteiger partial charge < -0.3 is 9.80 Å². The Labute approximate surface area is 201 Å². The summed E-state index contributed by atoms with van der Waals surface area (Å²) in [7, 11) is 0. The van der Waals surface area contributed by atoms with Crippen molar-refractivity contribution in [2.45, 2.75) is 20.8 Å². The second-order valence-electron chi connectivity index (χ2n) is 9.05. The van der Waals surface area contributed by atoms with E-state index in [9.17, 15) is 4.79 Å². The van der Waals surface area contributed by atoms with Crippen LogP contribution >= 0.6 is 0 Å². The zero-order valence-electron chi connectivity index (χ0n) is 20.0. The Morgan fingerprint density at radius 3 is 2.15 bits per heavy atom. The molecule has 5 heteroatoms. The van der Waals surface area contributed by atoms with E-state index in [0.717, 1.165) is 41.2 Å². The van der Waals surface area contributed by atoms with Gasteiger partial charge in [0.2, 0.25) is 0 Å². The largest absolute Gasteiger partial charge is 0.368 e. The summed E-state index contributed by atoms with van der Waals surface area (Å²) < 4.78 is 1.83. The van der Waals surface area contributed by atoms with Crippen molar-refractivity contribution in [1.29, 1.82) is 0 Å². The molecule has 172 valence electrons. The van der Waals surface area contributed by atoms with Crippen molar-refractivity contribution < 1.29 is 4.79 Å². The maximum absolute atomic E-state index is 13.8. The lowest BCUT2D eigenvalue weighted by atomic mass is 10.1. The van der Waals surface area contributed by atoms with Crippen LogP contribution in [-0.4, -0.2) is 46.8 Å². The summed E-state index contributed by atoms with van der Waals surface area (Å²) in [6, 6.07) is 26.7. The standard InChI is InChI=1S/C29H30N4O/c1-21-13-14-23(3)27(19-21)33-28(20-25(30-33)24-10-5-4-6-11-24)29(34)32-17-15-31(16-18-32)26-12-8-7-9-22(26)2/h4-14,19-20H,15-18H2,1-3H3. The van der Waals surface area contributed by atoms with Gasteiger partial charge in [-0.1, -0.05) is 60.7 Å². The van der Waals surface area contributed by atoms with E-state index in [4.69, 9.17) is 5.10 Å². The lowest BCUT2D eigenvalue weighted by Gasteiger charge is -2.36. The molecule has 0 N–H and O–H groups in total. The van der Waals surface area contributed by atoms with Crippen molar-refractivity contribution in [3.8, 4) is 16.9 Å². The average Bonchev–Trinajstić information content (AvgIpc) is 3.31. The fraction of sp³-hybridized carbons (Fsp3) is 0.241. The number of carbonyl (C=O) groups excluding carboxylic acids is 1. The molecule has 5 nitrogen and oxygen atoms in total. The van der Waals surface area contributed by atoms with E-state index in [0.29, 0.717) is 18.8 Å². The van der Waals surface area contributed by atoms with Crippen LogP contribution in [0.25, 0.3) is 16.9 Å². The molecule has 1 aliphatic rings. The van der Waals surface area contributed by atoms with Crippen molar-refractivity contribution in [1.82, 2.24) is 14.7 Å². The van der Waals surface area contributed by atoms with Gasteiger partial charge in [-0.15, -0.1) is 0 Å². The first kappa shape index (κ1) is 22.0. The second kappa shape index (κ2) is 9.18. The predicted octanol–water partition coefficient (Wildman–Crippen LogP) is 5.43. The molecule has 0 spiro atoms. The Morgan fingerprint density at radius 1 is 0.735 bits per heavy atom. The topological polar surface area (TPSA) is 41.4 Å². The number of carbonyl (C=O) groups is 1. The van der Waals surface area contributed by atoms with E-state index in [2.05, 4.69) is 68.1 Å². The highest BCUT2D eigenvalue weighted by molar-refractivity contribution is 5.94. The van der Waals surface area contributed by atoms with Gasteiger partial charge >= 0.3 is 0 Å². The normalized spacial score (nSPS) is 13.9. The van der Waals surface area contributed by atoms with Crippen molar-refractivity contribution in [3.63, 3.8) is 0 Å². The third-order valence-electron chi connectivity index (χ3n) is 6.61. The molecule has 0 unspecified atom stereocenters. The fourth-order valence-electron chi connectivity index (χ4n) is 4.65. The number of hydrogen-bond donors (Lipinski definition) is 0. The molecule has 1 amide bonds. The molecule has 1 aromatic heterocycles. The lowest BCUT2D eigenvalue weighted by molar-refractivity contribution is 0.0737. The molecule has 0 aliphatic carbocycles. The zero-order chi connectivity index (χ0) is 23.7. The molecule has 0 saturated carbocycles. The molecule has 1 fully saturated rings. The first-order valence-corrected chi connectivity index (χ1v) is 11.8. The maximum Gasteiger partial charge on any atom is 0.272 e. The number of amides is 1. The molecule has 4 aromatic rings. The molecule has 3 aromatic carbocycles. The van der Waals surface area contributed by atoms with Crippen LogP contribution in [0.4, 0.5) is 5.69 Å². The Kier molecular flexibility index (Phi) is 5.93. The molecule has 2 heterocycles. The number of benzene rings is 3. The Balaban J connectivity index is 1.47. The molecule has 1 aliphatic heterocycles. The summed E-state index contributed by atoms with van der Waals surface area (Å²) in [5.74, 6) is 0.0278. The summed E-state index contributed by atoms with van der Waals surface area (Å²) in [5.41, 5.74) is 8.12. The number of piperazine rings is 1. The predicted molar refractivity (Wildman–Crippen MR) is 138 cm³/mol. The number of aromatic nitrogens is 2. The maximum atomic E-state index is 13.8. The summed E-state index contributed by atoms with van der Waals surface area (Å²) >= 11 is 0. The van der Waals surface area contributed by atoms with E-state index in [1.54, 1.807) is 0 Å². The smallest absolute Gasteiger partial charge is 0.272 e. The lowest BCUT2D eigenvalue weighted by Crippen LogP contribution is -2.49. The molecule has 34 heavy (non-hydrogen) atoms. The quantitative estimate of drug-likeness (QED) is 0.416. The first-order chi connectivity index (χ1) is 16.5. The van der Waals surface area contributed by atoms with Crippen LogP contribution in [0, 0.1) is 20.8 Å². The van der Waals surface area contributed by atoms with Gasteiger partial charge in [-0.2, -0.15) is 5.10 Å². The number of para-hydroxylation sites is 1. The Hall–Kier alpha value is -3.86. The average molecular weight is 451 g/mol. The molecule has 0 atom stereocenters. The van der Waals surface area contributed by atoms with E-state index >= 15 is 0 Å². The van der Waals surface area contributed by atoms with Crippen LogP contribution in [0.2, 0.25) is 0 Å². The minimum absolute atomic E-state index is 0.0278. The van der Waals surface area contributed by atoms with Gasteiger partial charge in [0.1, 0.15) is 5.69 Å². The summed E-state index contributed by atoms with van der Waals surface area (Å²) in [4.78, 5) is 18.1. The monoisotopic (exact) mass is 450 g/mol. The highest BCUT2D eigenvalue weighted by Crippen LogP contribution is 2.26. The number of anilines is 1. The SMILES string of the molecule is Cc1ccc(C)c(-n2nc(-c3ccccc3)cc2C(=O)N2CCN(c3ccccc3C)CC2)c1. The summed E-state index contributed by atoms with van der Waals surface area (Å²) in [6.07, 6.45) is 0. The number of hydrogen-bond acceptors (Lipinski definition) is 3. The Bertz CT molecular complexity index is 1320. The van der Waals surface area contributed by atoms with Gasteiger partial charge in [0.05, 0.1) is 11.4 Å². The number of aryl methyl sites for hydroxylation is 3. The molecular weight excluding hydrogens is 420 g/mol. The van der Waals surface area contributed by atoms with Crippen LogP contribution in [0.3, 0.4) is 0 Å². The van der Waals surface area contributed by atoms with Crippen LogP contribution in [0.15, 0.2) is 78.9 Å². The molecule has 0 bridgehead atoms. The molecular formula is C29H30N4O. The molecule has 1 saturated heterocycles. The van der Waals surface area contributed by atoms with E-state index in [-0.39, 0.29) is 5.91 Å². The summed E-state index contributed by atoms with van der Waals surface area (Å²) in [5, 5.41) is 4.90. The van der Waals surface area contributed by atoms with E-state index in [1.807, 2.05) is 46.0 Å². The van der Waals surface area contributed by atoms with Gasteiger partial charge in [-0.3, -0.25) is 4.79 Å². The number of nitrogens with zero attached hydrogens (tertiary/aromatic N) is 4. The van der Waals surface area contributed by atoms with Gasteiger partial charge in [0.25, 0.3) is 5.91 Å². The highest BCUT2D eigenvalue weighted by atomic mass is 16.2. The van der Waals surface area contributed by atoms with Crippen LogP contribution in [0.5, 0.6) is 0 Å². The van der Waals surface area contributed by atoms with Crippen LogP contribution < -0.4 is 4.90 Å². The van der Waals surface area contributed by atoms with Crippen molar-refractivity contribution in [3.05, 3.63) is 101 Å². The van der Waals surface area contributed by atoms with Gasteiger partial charge in [-0.25, -0.2) is 4.68 Å². The minimum atomic E-state index is 0.0278. The minimum Gasteiger partial charge on any atom is -0.368 e. The summed E-state index contributed by atoms with van der Waals surface area (Å²) in [6.45, 7) is 9.28. The van der Waals surface area contributed by atoms with Gasteiger partial charge in [0.15, 0.2) is 0 Å². The number of rotatable bonds is 4. The molecule has 0 radical (unpaired) electrons. The third-order valence-corrected chi connectivity index (χ3v) is 6.61. The third kappa shape index (κ3) is 4.21. The molecule has 5 rings (SSSR count). The zero-order valence-corrected chi connectivity index (χ0v) is 20.0. The Morgan fingerprint density at radius 2 is 1.41 bits per heavy atom. The van der Waals surface area contributed by atoms with Crippen molar-refractivity contribution in [2.75, 3.05) is 31.1 Å². The van der Waals surface area contributed by atoms with Crippen LogP contribution in [0.1, 0.15) is 27.2 Å². The van der Waals surface area contributed by atoms with E-state index < -0.39 is 0 Å². The highest BCUT2D eigenvalue weighted by Gasteiger charge is 2.27. The van der Waals surface area contributed by atoms with Crippen molar-refractivity contribution >= 4 is 11.6 Å². The van der Waals surface area contributed by atoms with Crippen molar-refractivity contribution in [2.24, 2.45) is 0 Å². The van der Waals surface area contributed by atoms with Gasteiger partial charge in [0, 0.05) is 37.4 Å². The second-order valence-corrected chi connectivity index (χ2v) is 9.05.